The molecule has 1 aliphatic carbocycles. The number of amides is 2. The molecule has 1 atom stereocenters. The van der Waals surface area contributed by atoms with Crippen LogP contribution in [0, 0.1) is 6.92 Å². The van der Waals surface area contributed by atoms with Crippen LogP contribution >= 0.6 is 0 Å². The number of carbonyl (C=O) groups is 2. The Labute approximate surface area is 228 Å². The van der Waals surface area contributed by atoms with Crippen LogP contribution in [0.5, 0.6) is 0 Å². The van der Waals surface area contributed by atoms with Crippen molar-refractivity contribution < 1.29 is 9.59 Å². The maximum absolute atomic E-state index is 13.9. The van der Waals surface area contributed by atoms with Crippen molar-refractivity contribution >= 4 is 11.8 Å². The lowest BCUT2D eigenvalue weighted by Crippen LogP contribution is -2.52. The number of nitrogens with zero attached hydrogens (tertiary/aromatic N) is 1. The van der Waals surface area contributed by atoms with Gasteiger partial charge >= 0.3 is 0 Å². The average molecular weight is 511 g/mol. The van der Waals surface area contributed by atoms with Gasteiger partial charge in [0.1, 0.15) is 6.04 Å². The average Bonchev–Trinajstić information content (AvgIpc) is 3.43. The lowest BCUT2D eigenvalue weighted by atomic mass is 9.99. The maximum Gasteiger partial charge on any atom is 0.243 e. The van der Waals surface area contributed by atoms with Crippen LogP contribution in [0.4, 0.5) is 0 Å². The van der Waals surface area contributed by atoms with E-state index in [0.29, 0.717) is 31.7 Å². The normalized spacial score (nSPS) is 14.4. The molecule has 1 N–H and O–H groups in total. The van der Waals surface area contributed by atoms with Crippen molar-refractivity contribution in [2.24, 2.45) is 0 Å². The fourth-order valence-corrected chi connectivity index (χ4v) is 5.39. The molecule has 0 radical (unpaired) electrons. The van der Waals surface area contributed by atoms with E-state index in [-0.39, 0.29) is 17.9 Å². The van der Waals surface area contributed by atoms with Crippen molar-refractivity contribution in [1.82, 2.24) is 10.2 Å². The summed E-state index contributed by atoms with van der Waals surface area (Å²) < 4.78 is 0. The summed E-state index contributed by atoms with van der Waals surface area (Å²) in [7, 11) is 0. The van der Waals surface area contributed by atoms with E-state index in [9.17, 15) is 9.59 Å². The second-order valence-corrected chi connectivity index (χ2v) is 11.1. The molecule has 0 heterocycles. The predicted octanol–water partition coefficient (Wildman–Crippen LogP) is 6.75. The van der Waals surface area contributed by atoms with Crippen molar-refractivity contribution in [3.63, 3.8) is 0 Å². The van der Waals surface area contributed by atoms with E-state index in [1.807, 2.05) is 47.4 Å². The van der Waals surface area contributed by atoms with Crippen LogP contribution in [0.25, 0.3) is 0 Å². The van der Waals surface area contributed by atoms with E-state index in [1.165, 1.54) is 5.56 Å². The summed E-state index contributed by atoms with van der Waals surface area (Å²) in [5, 5.41) is 3.29. The molecule has 4 nitrogen and oxygen atoms in total. The largest absolute Gasteiger partial charge is 0.352 e. The van der Waals surface area contributed by atoms with Gasteiger partial charge in [0.15, 0.2) is 0 Å². The van der Waals surface area contributed by atoms with E-state index < -0.39 is 6.04 Å². The van der Waals surface area contributed by atoms with E-state index in [2.05, 4.69) is 62.5 Å². The van der Waals surface area contributed by atoms with Gasteiger partial charge in [-0.25, -0.2) is 0 Å². The Morgan fingerprint density at radius 1 is 0.868 bits per heavy atom. The summed E-state index contributed by atoms with van der Waals surface area (Å²) >= 11 is 0. The topological polar surface area (TPSA) is 49.4 Å². The first-order valence-corrected chi connectivity index (χ1v) is 14.2. The molecule has 4 heteroatoms. The molecule has 200 valence electrons. The zero-order valence-electron chi connectivity index (χ0n) is 23.2. The number of rotatable bonds is 11. The number of nitrogens with one attached hydrogen (secondary N) is 1. The van der Waals surface area contributed by atoms with Gasteiger partial charge < -0.3 is 10.2 Å². The van der Waals surface area contributed by atoms with Gasteiger partial charge in [0.25, 0.3) is 0 Å². The highest BCUT2D eigenvalue weighted by Crippen LogP contribution is 2.21. The van der Waals surface area contributed by atoms with Gasteiger partial charge in [-0.1, -0.05) is 111 Å². The first kappa shape index (κ1) is 27.6. The summed E-state index contributed by atoms with van der Waals surface area (Å²) in [6.07, 6.45) is 5.86. The van der Waals surface area contributed by atoms with Crippen molar-refractivity contribution in [3.05, 3.63) is 107 Å². The Bertz CT molecular complexity index is 1180. The van der Waals surface area contributed by atoms with Gasteiger partial charge in [-0.05, 0) is 54.4 Å². The lowest BCUT2D eigenvalue weighted by Gasteiger charge is -2.32. The van der Waals surface area contributed by atoms with Crippen molar-refractivity contribution in [2.75, 3.05) is 0 Å². The third kappa shape index (κ3) is 7.80. The lowest BCUT2D eigenvalue weighted by molar-refractivity contribution is -0.141. The summed E-state index contributed by atoms with van der Waals surface area (Å²) in [6, 6.07) is 26.5. The molecule has 3 aromatic carbocycles. The molecule has 0 aliphatic heterocycles. The monoisotopic (exact) mass is 510 g/mol. The summed E-state index contributed by atoms with van der Waals surface area (Å²) in [6.45, 7) is 6.85. The third-order valence-corrected chi connectivity index (χ3v) is 7.68. The van der Waals surface area contributed by atoms with Gasteiger partial charge in [0.2, 0.25) is 11.8 Å². The second kappa shape index (κ2) is 13.4. The zero-order valence-corrected chi connectivity index (χ0v) is 23.2. The van der Waals surface area contributed by atoms with Crippen molar-refractivity contribution in [1.29, 1.82) is 0 Å². The smallest absolute Gasteiger partial charge is 0.243 e. The standard InChI is InChI=1S/C34H42N2O2/c1-25(2)30-19-16-27(17-20-30)18-21-33(37)36(24-29-13-9-10-26(3)22-29)32(23-28-11-5-4-6-12-28)34(38)35-31-14-7-8-15-31/h4-6,9-13,16-17,19-20,22,25,31-32H,7-8,14-15,18,21,23-24H2,1-3H3,(H,35,38)/t32-/m0/s1. The van der Waals surface area contributed by atoms with Crippen molar-refractivity contribution in [2.45, 2.75) is 90.3 Å². The molecule has 2 amide bonds. The Balaban J connectivity index is 1.59. The molecule has 4 rings (SSSR count). The van der Waals surface area contributed by atoms with Crippen LogP contribution < -0.4 is 5.32 Å². The van der Waals surface area contributed by atoms with Crippen molar-refractivity contribution in [3.8, 4) is 0 Å². The van der Waals surface area contributed by atoms with E-state index in [1.54, 1.807) is 0 Å². The first-order chi connectivity index (χ1) is 18.4. The Morgan fingerprint density at radius 3 is 2.21 bits per heavy atom. The number of benzene rings is 3. The highest BCUT2D eigenvalue weighted by molar-refractivity contribution is 5.88. The van der Waals surface area contributed by atoms with E-state index >= 15 is 0 Å². The molecule has 1 fully saturated rings. The van der Waals surface area contributed by atoms with Gasteiger partial charge in [0.05, 0.1) is 0 Å². The molecular formula is C34H42N2O2. The fraction of sp³-hybridized carbons (Fsp3) is 0.412. The van der Waals surface area contributed by atoms with E-state index in [0.717, 1.165) is 47.9 Å². The van der Waals surface area contributed by atoms with Gasteiger partial charge in [-0.15, -0.1) is 0 Å². The Morgan fingerprint density at radius 2 is 1.55 bits per heavy atom. The second-order valence-electron chi connectivity index (χ2n) is 11.1. The van der Waals surface area contributed by atoms with Gasteiger partial charge in [-0.3, -0.25) is 9.59 Å². The minimum atomic E-state index is -0.561. The number of hydrogen-bond donors (Lipinski definition) is 1. The molecule has 3 aromatic rings. The van der Waals surface area contributed by atoms with Crippen LogP contribution in [-0.4, -0.2) is 28.8 Å². The molecule has 0 spiro atoms. The number of carbonyl (C=O) groups excluding carboxylic acids is 2. The zero-order chi connectivity index (χ0) is 26.9. The molecule has 38 heavy (non-hydrogen) atoms. The highest BCUT2D eigenvalue weighted by Gasteiger charge is 2.32. The molecular weight excluding hydrogens is 468 g/mol. The predicted molar refractivity (Wildman–Crippen MR) is 155 cm³/mol. The Kier molecular flexibility index (Phi) is 9.75. The minimum absolute atomic E-state index is 0.0157. The number of hydrogen-bond acceptors (Lipinski definition) is 2. The summed E-state index contributed by atoms with van der Waals surface area (Å²) in [4.78, 5) is 29.5. The van der Waals surface area contributed by atoms with E-state index in [4.69, 9.17) is 0 Å². The quantitative estimate of drug-likeness (QED) is 0.310. The first-order valence-electron chi connectivity index (χ1n) is 14.2. The van der Waals surface area contributed by atoms with Crippen LogP contribution in [0.3, 0.4) is 0 Å². The number of aryl methyl sites for hydroxylation is 2. The molecule has 0 aromatic heterocycles. The minimum Gasteiger partial charge on any atom is -0.352 e. The fourth-order valence-electron chi connectivity index (χ4n) is 5.39. The van der Waals surface area contributed by atoms with Gasteiger partial charge in [0, 0.05) is 25.4 Å². The highest BCUT2D eigenvalue weighted by atomic mass is 16.2. The van der Waals surface area contributed by atoms with Crippen LogP contribution in [0.15, 0.2) is 78.9 Å². The molecule has 0 saturated heterocycles. The Hall–Kier alpha value is -3.40. The van der Waals surface area contributed by atoms with Gasteiger partial charge in [-0.2, -0.15) is 0 Å². The molecule has 1 aliphatic rings. The van der Waals surface area contributed by atoms with Crippen LogP contribution in [0.2, 0.25) is 0 Å². The molecule has 0 bridgehead atoms. The van der Waals surface area contributed by atoms with Crippen LogP contribution in [0.1, 0.15) is 79.7 Å². The SMILES string of the molecule is Cc1cccc(CN(C(=O)CCc2ccc(C(C)C)cc2)[C@@H](Cc2ccccc2)C(=O)NC2CCCC2)c1. The third-order valence-electron chi connectivity index (χ3n) is 7.68. The molecule has 1 saturated carbocycles. The summed E-state index contributed by atoms with van der Waals surface area (Å²) in [5.74, 6) is 0.456. The van der Waals surface area contributed by atoms with Crippen LogP contribution in [-0.2, 0) is 29.0 Å². The summed E-state index contributed by atoms with van der Waals surface area (Å²) in [5.41, 5.74) is 5.70. The molecule has 0 unspecified atom stereocenters. The maximum atomic E-state index is 13.9.